The van der Waals surface area contributed by atoms with Crippen molar-refractivity contribution in [2.75, 3.05) is 16.8 Å². The third-order valence-corrected chi connectivity index (χ3v) is 3.87. The fraction of sp³-hybridized carbons (Fsp3) is 0.312. The first-order valence-corrected chi connectivity index (χ1v) is 7.48. The number of aromatic nitrogens is 2. The highest BCUT2D eigenvalue weighted by atomic mass is 19.1. The number of carbonyl (C=O) groups is 1. The molecule has 0 bridgehead atoms. The van der Waals surface area contributed by atoms with Crippen LogP contribution in [-0.2, 0) is 0 Å². The van der Waals surface area contributed by atoms with Crippen molar-refractivity contribution in [3.63, 3.8) is 0 Å². The number of aromatic carboxylic acids is 1. The van der Waals surface area contributed by atoms with Gasteiger partial charge in [0.15, 0.2) is 0 Å². The molecule has 0 saturated carbocycles. The molecule has 2 aromatic rings. The summed E-state index contributed by atoms with van der Waals surface area (Å²) in [6, 6.07) is 5.73. The highest BCUT2D eigenvalue weighted by molar-refractivity contribution is 5.88. The van der Waals surface area contributed by atoms with Crippen molar-refractivity contribution in [3.05, 3.63) is 48.0 Å². The number of piperidine rings is 1. The van der Waals surface area contributed by atoms with Gasteiger partial charge in [0, 0.05) is 18.9 Å². The van der Waals surface area contributed by atoms with E-state index in [1.54, 1.807) is 18.5 Å². The molecule has 1 unspecified atom stereocenters. The summed E-state index contributed by atoms with van der Waals surface area (Å²) in [6.45, 7) is 0.688. The molecule has 0 radical (unpaired) electrons. The number of hydrogen-bond acceptors (Lipinski definition) is 5. The maximum atomic E-state index is 14.3. The summed E-state index contributed by atoms with van der Waals surface area (Å²) in [5.74, 6) is -1.18. The lowest BCUT2D eigenvalue weighted by molar-refractivity contribution is 0.0696. The van der Waals surface area contributed by atoms with Gasteiger partial charge in [-0.05, 0) is 43.5 Å². The minimum Gasteiger partial charge on any atom is -0.478 e. The van der Waals surface area contributed by atoms with Crippen LogP contribution >= 0.6 is 0 Å². The van der Waals surface area contributed by atoms with Crippen molar-refractivity contribution < 1.29 is 14.3 Å². The Bertz CT molecular complexity index is 696. The molecule has 1 saturated heterocycles. The Morgan fingerprint density at radius 2 is 2.09 bits per heavy atom. The summed E-state index contributed by atoms with van der Waals surface area (Å²) in [7, 11) is 0. The van der Waals surface area contributed by atoms with Gasteiger partial charge in [0.25, 0.3) is 0 Å². The van der Waals surface area contributed by atoms with Gasteiger partial charge in [-0.3, -0.25) is 0 Å². The van der Waals surface area contributed by atoms with E-state index < -0.39 is 11.8 Å². The largest absolute Gasteiger partial charge is 0.478 e. The molecule has 23 heavy (non-hydrogen) atoms. The molecular weight excluding hydrogens is 299 g/mol. The monoisotopic (exact) mass is 316 g/mol. The predicted molar refractivity (Wildman–Crippen MR) is 84.0 cm³/mol. The smallest absolute Gasteiger partial charge is 0.335 e. The van der Waals surface area contributed by atoms with Crippen LogP contribution in [0.25, 0.3) is 0 Å². The van der Waals surface area contributed by atoms with Crippen LogP contribution in [0.3, 0.4) is 0 Å². The fourth-order valence-corrected chi connectivity index (χ4v) is 2.77. The number of hydrogen-bond donors (Lipinski definition) is 2. The number of rotatable bonds is 4. The first-order valence-electron chi connectivity index (χ1n) is 7.48. The van der Waals surface area contributed by atoms with Crippen molar-refractivity contribution in [1.82, 2.24) is 9.97 Å². The van der Waals surface area contributed by atoms with Crippen LogP contribution in [0.5, 0.6) is 0 Å². The Morgan fingerprint density at radius 1 is 1.30 bits per heavy atom. The molecule has 2 heterocycles. The molecular formula is C16H17FN4O2. The molecule has 2 N–H and O–H groups in total. The minimum atomic E-state index is -1.14. The molecule has 1 aliphatic heterocycles. The average Bonchev–Trinajstić information content (AvgIpc) is 2.56. The van der Waals surface area contributed by atoms with Gasteiger partial charge in [0.1, 0.15) is 12.0 Å². The van der Waals surface area contributed by atoms with Gasteiger partial charge >= 0.3 is 5.97 Å². The number of nitrogens with one attached hydrogen (secondary N) is 1. The van der Waals surface area contributed by atoms with Crippen molar-refractivity contribution in [1.29, 1.82) is 0 Å². The second kappa shape index (κ2) is 6.60. The first-order chi connectivity index (χ1) is 11.1. The van der Waals surface area contributed by atoms with Crippen LogP contribution in [0.4, 0.5) is 16.0 Å². The molecule has 0 spiro atoms. The Hall–Kier alpha value is -2.70. The maximum Gasteiger partial charge on any atom is 0.335 e. The van der Waals surface area contributed by atoms with E-state index in [0.29, 0.717) is 18.2 Å². The van der Waals surface area contributed by atoms with Crippen molar-refractivity contribution in [2.24, 2.45) is 0 Å². The Balaban J connectivity index is 1.85. The van der Waals surface area contributed by atoms with Gasteiger partial charge < -0.3 is 15.3 Å². The van der Waals surface area contributed by atoms with E-state index in [0.717, 1.165) is 25.3 Å². The molecule has 1 aromatic carbocycles. The van der Waals surface area contributed by atoms with E-state index >= 15 is 0 Å². The second-order valence-electron chi connectivity index (χ2n) is 5.39. The highest BCUT2D eigenvalue weighted by Crippen LogP contribution is 2.28. The van der Waals surface area contributed by atoms with Crippen molar-refractivity contribution in [2.45, 2.75) is 25.4 Å². The topological polar surface area (TPSA) is 78.4 Å². The highest BCUT2D eigenvalue weighted by Gasteiger charge is 2.25. The SMILES string of the molecule is O=C(O)c1ccc(N2CCCCC2Nc2ncccn2)c(F)c1. The summed E-state index contributed by atoms with van der Waals surface area (Å²) in [6.07, 6.45) is 5.97. The van der Waals surface area contributed by atoms with E-state index in [1.807, 2.05) is 4.90 Å². The van der Waals surface area contributed by atoms with E-state index in [4.69, 9.17) is 5.11 Å². The summed E-state index contributed by atoms with van der Waals surface area (Å²) >= 11 is 0. The zero-order valence-corrected chi connectivity index (χ0v) is 12.4. The summed E-state index contributed by atoms with van der Waals surface area (Å²) in [4.78, 5) is 21.1. The van der Waals surface area contributed by atoms with Crippen LogP contribution in [0.2, 0.25) is 0 Å². The average molecular weight is 316 g/mol. The van der Waals surface area contributed by atoms with E-state index in [9.17, 15) is 9.18 Å². The number of carboxylic acid groups (broad SMARTS) is 1. The summed E-state index contributed by atoms with van der Waals surface area (Å²) < 4.78 is 14.3. The lowest BCUT2D eigenvalue weighted by Crippen LogP contribution is -2.45. The van der Waals surface area contributed by atoms with Crippen LogP contribution in [0.15, 0.2) is 36.7 Å². The minimum absolute atomic E-state index is 0.0563. The van der Waals surface area contributed by atoms with Gasteiger partial charge in [-0.15, -0.1) is 0 Å². The fourth-order valence-electron chi connectivity index (χ4n) is 2.77. The second-order valence-corrected chi connectivity index (χ2v) is 5.39. The molecule has 1 aromatic heterocycles. The lowest BCUT2D eigenvalue weighted by Gasteiger charge is -2.38. The maximum absolute atomic E-state index is 14.3. The third kappa shape index (κ3) is 3.39. The Labute approximate surface area is 133 Å². The molecule has 1 fully saturated rings. The van der Waals surface area contributed by atoms with Crippen LogP contribution in [0.1, 0.15) is 29.6 Å². The quantitative estimate of drug-likeness (QED) is 0.903. The normalized spacial score (nSPS) is 17.8. The first kappa shape index (κ1) is 15.2. The van der Waals surface area contributed by atoms with Crippen LogP contribution < -0.4 is 10.2 Å². The van der Waals surface area contributed by atoms with E-state index in [1.165, 1.54) is 12.1 Å². The van der Waals surface area contributed by atoms with E-state index in [-0.39, 0.29) is 11.7 Å². The van der Waals surface area contributed by atoms with Crippen LogP contribution in [-0.4, -0.2) is 33.8 Å². The Morgan fingerprint density at radius 3 is 2.78 bits per heavy atom. The molecule has 1 atom stereocenters. The molecule has 0 amide bonds. The number of benzene rings is 1. The van der Waals surface area contributed by atoms with Gasteiger partial charge in [-0.1, -0.05) is 0 Å². The Kier molecular flexibility index (Phi) is 4.36. The zero-order chi connectivity index (χ0) is 16.2. The predicted octanol–water partition coefficient (Wildman–Crippen LogP) is 2.74. The lowest BCUT2D eigenvalue weighted by atomic mass is 10.1. The van der Waals surface area contributed by atoms with Gasteiger partial charge in [0.2, 0.25) is 5.95 Å². The number of halogens is 1. The standard InChI is InChI=1S/C16H17FN4O2/c17-12-10-11(15(22)23)5-6-13(12)21-9-2-1-4-14(21)20-16-18-7-3-8-19-16/h3,5-8,10,14H,1-2,4,9H2,(H,22,23)(H,18,19,20). The molecule has 3 rings (SSSR count). The zero-order valence-electron chi connectivity index (χ0n) is 12.4. The molecule has 6 nitrogen and oxygen atoms in total. The summed E-state index contributed by atoms with van der Waals surface area (Å²) in [5, 5.41) is 12.2. The van der Waals surface area contributed by atoms with Crippen molar-refractivity contribution in [3.8, 4) is 0 Å². The van der Waals surface area contributed by atoms with Crippen molar-refractivity contribution >= 4 is 17.6 Å². The number of carboxylic acids is 1. The molecule has 120 valence electrons. The third-order valence-electron chi connectivity index (χ3n) is 3.87. The molecule has 0 aliphatic carbocycles. The van der Waals surface area contributed by atoms with Gasteiger partial charge in [-0.2, -0.15) is 0 Å². The number of nitrogens with zero attached hydrogens (tertiary/aromatic N) is 3. The molecule has 7 heteroatoms. The van der Waals surface area contributed by atoms with E-state index in [2.05, 4.69) is 15.3 Å². The number of anilines is 2. The molecule has 1 aliphatic rings. The van der Waals surface area contributed by atoms with Gasteiger partial charge in [0.05, 0.1) is 11.3 Å². The summed E-state index contributed by atoms with van der Waals surface area (Å²) in [5.41, 5.74) is 0.335. The van der Waals surface area contributed by atoms with Gasteiger partial charge in [-0.25, -0.2) is 19.2 Å². The van der Waals surface area contributed by atoms with Crippen LogP contribution in [0, 0.1) is 5.82 Å².